The van der Waals surface area contributed by atoms with Crippen molar-refractivity contribution in [3.05, 3.63) is 64.7 Å². The number of esters is 1. The molecule has 2 aromatic rings. The molecule has 1 aliphatic heterocycles. The minimum absolute atomic E-state index is 0.0161. The van der Waals surface area contributed by atoms with Crippen LogP contribution in [0, 0.1) is 5.41 Å². The number of nitrogens with two attached hydrogens (primary N) is 1. The molecule has 3 rings (SSSR count). The molecule has 7 heteroatoms. The molecule has 0 aromatic heterocycles. The standard InChI is InChI=1S/C19H18ClNO4S.C2H6/c1-19(2)11-25-18(22)16(13-4-3-5-14(20)10-13)17(19)12-6-8-15(9-7-12)26(21,23)24;1-2/h3-10H,11H2,1-2H3,(H2,21,23,24);1-2H3. The zero-order chi connectivity index (χ0) is 21.1. The van der Waals surface area contributed by atoms with E-state index in [0.717, 1.165) is 11.1 Å². The number of hydrogen-bond donors (Lipinski definition) is 1. The van der Waals surface area contributed by atoms with Crippen molar-refractivity contribution < 1.29 is 17.9 Å². The first-order valence-electron chi connectivity index (χ1n) is 8.91. The van der Waals surface area contributed by atoms with E-state index in [9.17, 15) is 13.2 Å². The Labute approximate surface area is 171 Å². The van der Waals surface area contributed by atoms with Gasteiger partial charge in [0, 0.05) is 10.4 Å². The Kier molecular flexibility index (Phi) is 6.70. The first-order chi connectivity index (χ1) is 13.1. The van der Waals surface area contributed by atoms with Crippen LogP contribution in [0.2, 0.25) is 5.02 Å². The SMILES string of the molecule is CC.CC1(C)COC(=O)C(c2cccc(Cl)c2)=C1c1ccc(S(N)(=O)=O)cc1. The Morgan fingerprint density at radius 1 is 1.04 bits per heavy atom. The molecule has 0 atom stereocenters. The van der Waals surface area contributed by atoms with Gasteiger partial charge < -0.3 is 4.74 Å². The average molecular weight is 422 g/mol. The first-order valence-corrected chi connectivity index (χ1v) is 10.8. The summed E-state index contributed by atoms with van der Waals surface area (Å²) in [6.07, 6.45) is 0. The fraction of sp³-hybridized carbons (Fsp3) is 0.286. The molecule has 0 fully saturated rings. The molecule has 0 spiro atoms. The highest BCUT2D eigenvalue weighted by molar-refractivity contribution is 7.89. The Balaban J connectivity index is 0.00000136. The third kappa shape index (κ3) is 4.63. The van der Waals surface area contributed by atoms with E-state index < -0.39 is 21.4 Å². The number of ether oxygens (including phenoxy) is 1. The van der Waals surface area contributed by atoms with Gasteiger partial charge in [0.15, 0.2) is 0 Å². The van der Waals surface area contributed by atoms with E-state index in [1.165, 1.54) is 12.1 Å². The van der Waals surface area contributed by atoms with Crippen LogP contribution in [0.1, 0.15) is 38.8 Å². The molecule has 0 saturated heterocycles. The monoisotopic (exact) mass is 421 g/mol. The second-order valence-corrected chi connectivity index (χ2v) is 8.79. The largest absolute Gasteiger partial charge is 0.461 e. The van der Waals surface area contributed by atoms with Crippen LogP contribution in [0.4, 0.5) is 0 Å². The minimum Gasteiger partial charge on any atom is -0.461 e. The van der Waals surface area contributed by atoms with Crippen molar-refractivity contribution in [2.45, 2.75) is 32.6 Å². The number of sulfonamides is 1. The van der Waals surface area contributed by atoms with Gasteiger partial charge in [-0.25, -0.2) is 18.4 Å². The molecule has 0 amide bonds. The van der Waals surface area contributed by atoms with Gasteiger partial charge in [0.05, 0.1) is 10.5 Å². The molecular weight excluding hydrogens is 398 g/mol. The summed E-state index contributed by atoms with van der Waals surface area (Å²) < 4.78 is 28.4. The maximum absolute atomic E-state index is 12.6. The predicted octanol–water partition coefficient (Wildman–Crippen LogP) is 4.51. The molecule has 2 aromatic carbocycles. The summed E-state index contributed by atoms with van der Waals surface area (Å²) in [6, 6.07) is 13.2. The van der Waals surface area contributed by atoms with Crippen LogP contribution in [0.15, 0.2) is 53.4 Å². The van der Waals surface area contributed by atoms with Crippen molar-refractivity contribution in [1.82, 2.24) is 0 Å². The van der Waals surface area contributed by atoms with E-state index in [4.69, 9.17) is 21.5 Å². The summed E-state index contributed by atoms with van der Waals surface area (Å²) >= 11 is 6.09. The van der Waals surface area contributed by atoms with Gasteiger partial charge in [-0.2, -0.15) is 0 Å². The van der Waals surface area contributed by atoms with Crippen molar-refractivity contribution in [3.8, 4) is 0 Å². The normalized spacial score (nSPS) is 16.1. The molecule has 0 aliphatic carbocycles. The summed E-state index contributed by atoms with van der Waals surface area (Å²) in [5, 5.41) is 5.68. The zero-order valence-electron chi connectivity index (χ0n) is 16.3. The van der Waals surface area contributed by atoms with Crippen LogP contribution < -0.4 is 5.14 Å². The van der Waals surface area contributed by atoms with Gasteiger partial charge in [-0.1, -0.05) is 63.6 Å². The van der Waals surface area contributed by atoms with Gasteiger partial charge in [-0.3, -0.25) is 0 Å². The maximum atomic E-state index is 12.6. The molecular formula is C21H24ClNO4S. The van der Waals surface area contributed by atoms with Crippen LogP contribution in [0.3, 0.4) is 0 Å². The van der Waals surface area contributed by atoms with Crippen LogP contribution in [-0.2, 0) is 19.6 Å². The summed E-state index contributed by atoms with van der Waals surface area (Å²) in [7, 11) is -3.79. The van der Waals surface area contributed by atoms with E-state index in [1.54, 1.807) is 36.4 Å². The third-order valence-corrected chi connectivity index (χ3v) is 5.44. The number of benzene rings is 2. The van der Waals surface area contributed by atoms with Crippen LogP contribution >= 0.6 is 11.6 Å². The van der Waals surface area contributed by atoms with E-state index in [-0.39, 0.29) is 11.5 Å². The topological polar surface area (TPSA) is 86.5 Å². The maximum Gasteiger partial charge on any atom is 0.339 e. The number of carbonyl (C=O) groups excluding carboxylic acids is 1. The molecule has 0 radical (unpaired) electrons. The summed E-state index contributed by atoms with van der Waals surface area (Å²) in [5.41, 5.74) is 2.12. The molecule has 150 valence electrons. The summed E-state index contributed by atoms with van der Waals surface area (Å²) in [6.45, 7) is 8.15. The Hall–Kier alpha value is -2.15. The van der Waals surface area contributed by atoms with Crippen LogP contribution in [0.5, 0.6) is 0 Å². The molecule has 0 bridgehead atoms. The Bertz CT molecular complexity index is 1010. The van der Waals surface area contributed by atoms with Gasteiger partial charge in [0.1, 0.15) is 6.61 Å². The van der Waals surface area contributed by atoms with Crippen molar-refractivity contribution in [2.75, 3.05) is 6.61 Å². The summed E-state index contributed by atoms with van der Waals surface area (Å²) in [5.74, 6) is -0.433. The van der Waals surface area contributed by atoms with Gasteiger partial charge >= 0.3 is 5.97 Å². The van der Waals surface area contributed by atoms with Crippen LogP contribution in [-0.4, -0.2) is 21.0 Å². The number of cyclic esters (lactones) is 1. The van der Waals surface area contributed by atoms with E-state index in [1.807, 2.05) is 27.7 Å². The second kappa shape index (κ2) is 8.47. The number of carbonyl (C=O) groups is 1. The summed E-state index contributed by atoms with van der Waals surface area (Å²) in [4.78, 5) is 12.6. The Morgan fingerprint density at radius 2 is 1.64 bits per heavy atom. The highest BCUT2D eigenvalue weighted by atomic mass is 35.5. The number of hydrogen-bond acceptors (Lipinski definition) is 4. The van der Waals surface area contributed by atoms with Crippen molar-refractivity contribution in [3.63, 3.8) is 0 Å². The molecule has 1 aliphatic rings. The molecule has 5 nitrogen and oxygen atoms in total. The van der Waals surface area contributed by atoms with Gasteiger partial charge in [0.25, 0.3) is 0 Å². The predicted molar refractivity (Wildman–Crippen MR) is 112 cm³/mol. The first kappa shape index (κ1) is 22.1. The van der Waals surface area contributed by atoms with Crippen molar-refractivity contribution >= 4 is 38.7 Å². The number of primary sulfonamides is 1. The Morgan fingerprint density at radius 3 is 2.18 bits per heavy atom. The quantitative estimate of drug-likeness (QED) is 0.738. The highest BCUT2D eigenvalue weighted by Gasteiger charge is 2.37. The fourth-order valence-corrected chi connectivity index (χ4v) is 3.79. The van der Waals surface area contributed by atoms with Crippen LogP contribution in [0.25, 0.3) is 11.1 Å². The van der Waals surface area contributed by atoms with Crippen molar-refractivity contribution in [2.24, 2.45) is 10.6 Å². The third-order valence-electron chi connectivity index (χ3n) is 4.28. The molecule has 2 N–H and O–H groups in total. The minimum atomic E-state index is -3.79. The highest BCUT2D eigenvalue weighted by Crippen LogP contribution is 2.44. The molecule has 1 heterocycles. The molecule has 28 heavy (non-hydrogen) atoms. The van der Waals surface area contributed by atoms with Gasteiger partial charge in [-0.05, 0) is 41.0 Å². The molecule has 0 saturated carbocycles. The van der Waals surface area contributed by atoms with E-state index in [0.29, 0.717) is 16.2 Å². The lowest BCUT2D eigenvalue weighted by atomic mass is 9.75. The van der Waals surface area contributed by atoms with Gasteiger partial charge in [-0.15, -0.1) is 0 Å². The lowest BCUT2D eigenvalue weighted by Gasteiger charge is -2.34. The molecule has 0 unspecified atom stereocenters. The number of rotatable bonds is 3. The lowest BCUT2D eigenvalue weighted by Crippen LogP contribution is -2.31. The van der Waals surface area contributed by atoms with E-state index >= 15 is 0 Å². The average Bonchev–Trinajstić information content (AvgIpc) is 2.64. The fourth-order valence-electron chi connectivity index (χ4n) is 3.08. The smallest absolute Gasteiger partial charge is 0.339 e. The van der Waals surface area contributed by atoms with E-state index in [2.05, 4.69) is 0 Å². The zero-order valence-corrected chi connectivity index (χ0v) is 17.9. The number of halogens is 1. The lowest BCUT2D eigenvalue weighted by molar-refractivity contribution is -0.139. The van der Waals surface area contributed by atoms with Gasteiger partial charge in [0.2, 0.25) is 10.0 Å². The second-order valence-electron chi connectivity index (χ2n) is 6.79. The van der Waals surface area contributed by atoms with Crippen molar-refractivity contribution in [1.29, 1.82) is 0 Å².